The van der Waals surface area contributed by atoms with Gasteiger partial charge >= 0.3 is 12.0 Å². The van der Waals surface area contributed by atoms with E-state index in [0.717, 1.165) is 12.8 Å². The average Bonchev–Trinajstić information content (AvgIpc) is 3.55. The number of imide groups is 1. The van der Waals surface area contributed by atoms with E-state index >= 15 is 0 Å². The van der Waals surface area contributed by atoms with Gasteiger partial charge < -0.3 is 20.1 Å². The van der Waals surface area contributed by atoms with Crippen molar-refractivity contribution in [2.24, 2.45) is 0 Å². The number of urea groups is 1. The number of amides is 4. The molecule has 2 aromatic rings. The fourth-order valence-electron chi connectivity index (χ4n) is 2.36. The van der Waals surface area contributed by atoms with Gasteiger partial charge in [0.15, 0.2) is 6.61 Å². The minimum Gasteiger partial charge on any atom is -0.457 e. The Labute approximate surface area is 172 Å². The number of esters is 1. The van der Waals surface area contributed by atoms with E-state index < -0.39 is 37.0 Å². The molecule has 9 nitrogen and oxygen atoms in total. The average molecular weight is 411 g/mol. The summed E-state index contributed by atoms with van der Waals surface area (Å²) >= 11 is 0. The van der Waals surface area contributed by atoms with E-state index in [4.69, 9.17) is 9.47 Å². The largest absolute Gasteiger partial charge is 0.457 e. The van der Waals surface area contributed by atoms with Crippen LogP contribution < -0.4 is 20.7 Å². The van der Waals surface area contributed by atoms with Crippen molar-refractivity contribution in [1.82, 2.24) is 16.0 Å². The second kappa shape index (κ2) is 10.1. The number of benzene rings is 2. The molecule has 4 amide bonds. The maximum absolute atomic E-state index is 12.1. The summed E-state index contributed by atoms with van der Waals surface area (Å²) in [4.78, 5) is 46.7. The molecular formula is C21H21N3O6. The number of carbonyl (C=O) groups is 4. The Morgan fingerprint density at radius 3 is 2.23 bits per heavy atom. The van der Waals surface area contributed by atoms with Gasteiger partial charge in [-0.2, -0.15) is 0 Å². The van der Waals surface area contributed by atoms with Crippen LogP contribution in [0.5, 0.6) is 11.5 Å². The summed E-state index contributed by atoms with van der Waals surface area (Å²) in [5.41, 5.74) is 0.331. The molecular weight excluding hydrogens is 390 g/mol. The van der Waals surface area contributed by atoms with E-state index in [1.807, 2.05) is 30.3 Å². The zero-order valence-corrected chi connectivity index (χ0v) is 16.1. The van der Waals surface area contributed by atoms with Crippen molar-refractivity contribution < 1.29 is 28.7 Å². The lowest BCUT2D eigenvalue weighted by Crippen LogP contribution is -2.42. The van der Waals surface area contributed by atoms with Gasteiger partial charge in [0.05, 0.1) is 0 Å². The van der Waals surface area contributed by atoms with Crippen molar-refractivity contribution in [3.63, 3.8) is 0 Å². The van der Waals surface area contributed by atoms with Crippen LogP contribution in [-0.4, -0.2) is 43.0 Å². The molecule has 3 rings (SSSR count). The van der Waals surface area contributed by atoms with E-state index in [1.165, 1.54) is 0 Å². The quantitative estimate of drug-likeness (QED) is 0.569. The van der Waals surface area contributed by atoms with Crippen LogP contribution in [0.3, 0.4) is 0 Å². The highest BCUT2D eigenvalue weighted by molar-refractivity contribution is 5.97. The number of hydrogen-bond acceptors (Lipinski definition) is 6. The van der Waals surface area contributed by atoms with Crippen molar-refractivity contribution in [3.05, 3.63) is 60.2 Å². The monoisotopic (exact) mass is 411 g/mol. The normalized spacial score (nSPS) is 12.4. The maximum atomic E-state index is 12.1. The van der Waals surface area contributed by atoms with Crippen LogP contribution in [0, 0.1) is 0 Å². The third-order valence-corrected chi connectivity index (χ3v) is 4.02. The molecule has 1 saturated carbocycles. The summed E-state index contributed by atoms with van der Waals surface area (Å²) in [5, 5.41) is 7.03. The van der Waals surface area contributed by atoms with Crippen LogP contribution in [0.4, 0.5) is 4.79 Å². The standard InChI is InChI=1S/C21H21N3O6/c25-18(24-21(28)23-15-8-9-15)13-29-19(26)12-22-20(27)14-6-10-17(11-7-14)30-16-4-2-1-3-5-16/h1-7,10-11,15H,8-9,12-13H2,(H,22,27)(H2,23,24,25,28). The first-order valence-corrected chi connectivity index (χ1v) is 9.37. The predicted molar refractivity (Wildman–Crippen MR) is 106 cm³/mol. The molecule has 30 heavy (non-hydrogen) atoms. The highest BCUT2D eigenvalue weighted by Gasteiger charge is 2.24. The number of para-hydroxylation sites is 1. The van der Waals surface area contributed by atoms with E-state index in [0.29, 0.717) is 17.1 Å². The Morgan fingerprint density at radius 1 is 0.900 bits per heavy atom. The first-order chi connectivity index (χ1) is 14.5. The molecule has 3 N–H and O–H groups in total. The first-order valence-electron chi connectivity index (χ1n) is 9.37. The predicted octanol–water partition coefficient (Wildman–Crippen LogP) is 1.74. The molecule has 0 aliphatic heterocycles. The molecule has 0 atom stereocenters. The molecule has 0 bridgehead atoms. The van der Waals surface area contributed by atoms with Gasteiger partial charge in [-0.25, -0.2) is 4.79 Å². The number of carbonyl (C=O) groups excluding carboxylic acids is 4. The van der Waals surface area contributed by atoms with Gasteiger partial charge in [0.2, 0.25) is 0 Å². The Balaban J connectivity index is 1.36. The molecule has 9 heteroatoms. The summed E-state index contributed by atoms with van der Waals surface area (Å²) in [6.45, 7) is -1.03. The third kappa shape index (κ3) is 6.93. The van der Waals surface area contributed by atoms with Crippen molar-refractivity contribution in [2.75, 3.05) is 13.2 Å². The molecule has 1 aliphatic carbocycles. The smallest absolute Gasteiger partial charge is 0.325 e. The summed E-state index contributed by atoms with van der Waals surface area (Å²) < 4.78 is 10.4. The van der Waals surface area contributed by atoms with Gasteiger partial charge in [-0.1, -0.05) is 18.2 Å². The van der Waals surface area contributed by atoms with Gasteiger partial charge in [0.1, 0.15) is 18.0 Å². The van der Waals surface area contributed by atoms with E-state index in [9.17, 15) is 19.2 Å². The Hall–Kier alpha value is -3.88. The lowest BCUT2D eigenvalue weighted by Gasteiger charge is -2.08. The zero-order chi connectivity index (χ0) is 21.3. The fraction of sp³-hybridized carbons (Fsp3) is 0.238. The van der Waals surface area contributed by atoms with Crippen molar-refractivity contribution >= 4 is 23.8 Å². The van der Waals surface area contributed by atoms with E-state index in [-0.39, 0.29) is 6.04 Å². The fourth-order valence-corrected chi connectivity index (χ4v) is 2.36. The molecule has 156 valence electrons. The van der Waals surface area contributed by atoms with Crippen LogP contribution in [-0.2, 0) is 14.3 Å². The Kier molecular flexibility index (Phi) is 6.99. The van der Waals surface area contributed by atoms with Crippen LogP contribution >= 0.6 is 0 Å². The Bertz CT molecular complexity index is 910. The van der Waals surface area contributed by atoms with Crippen LogP contribution in [0.15, 0.2) is 54.6 Å². The van der Waals surface area contributed by atoms with Gasteiger partial charge in [-0.15, -0.1) is 0 Å². The van der Waals surface area contributed by atoms with Gasteiger partial charge in [-0.05, 0) is 49.2 Å². The third-order valence-electron chi connectivity index (χ3n) is 4.02. The van der Waals surface area contributed by atoms with E-state index in [2.05, 4.69) is 16.0 Å². The number of rotatable bonds is 8. The second-order valence-corrected chi connectivity index (χ2v) is 6.58. The van der Waals surface area contributed by atoms with Crippen molar-refractivity contribution in [3.8, 4) is 11.5 Å². The molecule has 1 aliphatic rings. The minimum absolute atomic E-state index is 0.106. The molecule has 0 heterocycles. The summed E-state index contributed by atoms with van der Waals surface area (Å²) in [6.07, 6.45) is 1.78. The van der Waals surface area contributed by atoms with E-state index in [1.54, 1.807) is 24.3 Å². The lowest BCUT2D eigenvalue weighted by molar-refractivity contribution is -0.147. The van der Waals surface area contributed by atoms with Gasteiger partial charge in [-0.3, -0.25) is 19.7 Å². The van der Waals surface area contributed by atoms with Gasteiger partial charge in [0.25, 0.3) is 11.8 Å². The molecule has 0 unspecified atom stereocenters. The topological polar surface area (TPSA) is 123 Å². The molecule has 0 spiro atoms. The van der Waals surface area contributed by atoms with Crippen molar-refractivity contribution in [1.29, 1.82) is 0 Å². The lowest BCUT2D eigenvalue weighted by atomic mass is 10.2. The van der Waals surface area contributed by atoms with Crippen molar-refractivity contribution in [2.45, 2.75) is 18.9 Å². The SMILES string of the molecule is O=C(COC(=O)CNC(=O)c1ccc(Oc2ccccc2)cc1)NC(=O)NC1CC1. The number of nitrogens with one attached hydrogen (secondary N) is 3. The molecule has 2 aromatic carbocycles. The number of hydrogen-bond donors (Lipinski definition) is 3. The highest BCUT2D eigenvalue weighted by Crippen LogP contribution is 2.21. The number of ether oxygens (including phenoxy) is 2. The summed E-state index contributed by atoms with van der Waals surface area (Å²) in [7, 11) is 0. The molecule has 0 radical (unpaired) electrons. The molecule has 0 aromatic heterocycles. The zero-order valence-electron chi connectivity index (χ0n) is 16.1. The summed E-state index contributed by atoms with van der Waals surface area (Å²) in [5.74, 6) is -0.793. The first kappa shape index (κ1) is 20.8. The second-order valence-electron chi connectivity index (χ2n) is 6.58. The minimum atomic E-state index is -0.801. The van der Waals surface area contributed by atoms with Crippen LogP contribution in [0.2, 0.25) is 0 Å². The van der Waals surface area contributed by atoms with Crippen LogP contribution in [0.1, 0.15) is 23.2 Å². The van der Waals surface area contributed by atoms with Crippen LogP contribution in [0.25, 0.3) is 0 Å². The summed E-state index contributed by atoms with van der Waals surface area (Å²) in [6, 6.07) is 15.1. The molecule has 0 saturated heterocycles. The molecule has 1 fully saturated rings. The Morgan fingerprint density at radius 2 is 1.57 bits per heavy atom. The highest BCUT2D eigenvalue weighted by atomic mass is 16.5. The maximum Gasteiger partial charge on any atom is 0.325 e. The van der Waals surface area contributed by atoms with Gasteiger partial charge in [0, 0.05) is 11.6 Å².